The van der Waals surface area contributed by atoms with Gasteiger partial charge in [0.15, 0.2) is 0 Å². The second-order valence-corrected chi connectivity index (χ2v) is 4.53. The van der Waals surface area contributed by atoms with Crippen molar-refractivity contribution in [1.82, 2.24) is 5.32 Å². The number of aliphatic carboxylic acids is 1. The number of carboxylic acid groups (broad SMARTS) is 1. The normalized spacial score (nSPS) is 15.5. The molecular formula is C11H23NO2. The van der Waals surface area contributed by atoms with Crippen LogP contribution in [0.25, 0.3) is 0 Å². The van der Waals surface area contributed by atoms with Crippen LogP contribution in [0.15, 0.2) is 0 Å². The Morgan fingerprint density at radius 3 is 2.21 bits per heavy atom. The lowest BCUT2D eigenvalue weighted by molar-refractivity contribution is -0.137. The van der Waals surface area contributed by atoms with Crippen molar-refractivity contribution in [3.8, 4) is 0 Å². The Hall–Kier alpha value is -0.570. The van der Waals surface area contributed by atoms with Crippen LogP contribution in [0.5, 0.6) is 0 Å². The molecule has 0 spiro atoms. The standard InChI is InChI=1S/C11H23NO2/c1-8(2)7-10(4)12-9(3)5-6-11(13)14/h8-10,12H,5-7H2,1-4H3,(H,13,14). The van der Waals surface area contributed by atoms with Crippen LogP contribution in [0.2, 0.25) is 0 Å². The van der Waals surface area contributed by atoms with Gasteiger partial charge in [-0.1, -0.05) is 13.8 Å². The SMILES string of the molecule is CC(C)CC(C)NC(C)CCC(=O)O. The molecule has 2 N–H and O–H groups in total. The van der Waals surface area contributed by atoms with Crippen LogP contribution in [0.1, 0.15) is 47.0 Å². The molecule has 0 aromatic heterocycles. The maximum absolute atomic E-state index is 10.3. The summed E-state index contributed by atoms with van der Waals surface area (Å²) in [6, 6.07) is 0.763. The summed E-state index contributed by atoms with van der Waals surface area (Å²) in [7, 11) is 0. The van der Waals surface area contributed by atoms with Crippen LogP contribution in [0, 0.1) is 5.92 Å². The second-order valence-electron chi connectivity index (χ2n) is 4.53. The van der Waals surface area contributed by atoms with Gasteiger partial charge in [-0.25, -0.2) is 0 Å². The number of carboxylic acids is 1. The number of rotatable bonds is 7. The third-order valence-corrected chi connectivity index (χ3v) is 2.19. The molecule has 0 saturated heterocycles. The number of hydrogen-bond acceptors (Lipinski definition) is 2. The average molecular weight is 201 g/mol. The van der Waals surface area contributed by atoms with E-state index in [1.54, 1.807) is 0 Å². The van der Waals surface area contributed by atoms with Crippen LogP contribution < -0.4 is 5.32 Å². The Morgan fingerprint density at radius 1 is 1.21 bits per heavy atom. The first-order chi connectivity index (χ1) is 6.41. The largest absolute Gasteiger partial charge is 0.481 e. The fourth-order valence-corrected chi connectivity index (χ4v) is 1.68. The molecule has 0 fully saturated rings. The van der Waals surface area contributed by atoms with E-state index in [4.69, 9.17) is 5.11 Å². The molecule has 0 amide bonds. The molecular weight excluding hydrogens is 178 g/mol. The predicted molar refractivity (Wildman–Crippen MR) is 58.4 cm³/mol. The van der Waals surface area contributed by atoms with Crippen molar-refractivity contribution < 1.29 is 9.90 Å². The van der Waals surface area contributed by atoms with Crippen molar-refractivity contribution in [3.63, 3.8) is 0 Å². The van der Waals surface area contributed by atoms with E-state index in [-0.39, 0.29) is 6.42 Å². The van der Waals surface area contributed by atoms with Gasteiger partial charge in [0.2, 0.25) is 0 Å². The molecule has 0 aliphatic rings. The number of carbonyl (C=O) groups is 1. The maximum atomic E-state index is 10.3. The highest BCUT2D eigenvalue weighted by atomic mass is 16.4. The highest BCUT2D eigenvalue weighted by Gasteiger charge is 2.09. The van der Waals surface area contributed by atoms with Gasteiger partial charge in [-0.15, -0.1) is 0 Å². The van der Waals surface area contributed by atoms with Crippen molar-refractivity contribution in [1.29, 1.82) is 0 Å². The molecule has 0 saturated carbocycles. The summed E-state index contributed by atoms with van der Waals surface area (Å²) in [6.45, 7) is 8.58. The van der Waals surface area contributed by atoms with Gasteiger partial charge >= 0.3 is 5.97 Å². The van der Waals surface area contributed by atoms with E-state index >= 15 is 0 Å². The Balaban J connectivity index is 3.59. The summed E-state index contributed by atoms with van der Waals surface area (Å²) in [4.78, 5) is 10.3. The predicted octanol–water partition coefficient (Wildman–Crippen LogP) is 2.26. The molecule has 14 heavy (non-hydrogen) atoms. The van der Waals surface area contributed by atoms with Gasteiger partial charge in [0, 0.05) is 18.5 Å². The number of hydrogen-bond donors (Lipinski definition) is 2. The molecule has 0 rings (SSSR count). The molecule has 0 aromatic rings. The maximum Gasteiger partial charge on any atom is 0.303 e. The van der Waals surface area contributed by atoms with Crippen LogP contribution in [-0.2, 0) is 4.79 Å². The van der Waals surface area contributed by atoms with Crippen molar-refractivity contribution in [2.24, 2.45) is 5.92 Å². The summed E-state index contributed by atoms with van der Waals surface area (Å²) in [5.41, 5.74) is 0. The van der Waals surface area contributed by atoms with Gasteiger partial charge < -0.3 is 10.4 Å². The highest BCUT2D eigenvalue weighted by Crippen LogP contribution is 2.06. The lowest BCUT2D eigenvalue weighted by Crippen LogP contribution is -2.35. The molecule has 0 aromatic carbocycles. The van der Waals surface area contributed by atoms with E-state index in [1.807, 2.05) is 6.92 Å². The van der Waals surface area contributed by atoms with Crippen LogP contribution in [0.4, 0.5) is 0 Å². The minimum Gasteiger partial charge on any atom is -0.481 e. The van der Waals surface area contributed by atoms with Crippen LogP contribution >= 0.6 is 0 Å². The fourth-order valence-electron chi connectivity index (χ4n) is 1.68. The molecule has 0 aliphatic heterocycles. The van der Waals surface area contributed by atoms with E-state index < -0.39 is 5.97 Å². The van der Waals surface area contributed by atoms with Crippen molar-refractivity contribution >= 4 is 5.97 Å². The van der Waals surface area contributed by atoms with Gasteiger partial charge in [0.05, 0.1) is 0 Å². The molecule has 0 heterocycles. The van der Waals surface area contributed by atoms with E-state index in [1.165, 1.54) is 0 Å². The molecule has 3 nitrogen and oxygen atoms in total. The molecule has 3 heteroatoms. The smallest absolute Gasteiger partial charge is 0.303 e. The van der Waals surface area contributed by atoms with Crippen molar-refractivity contribution in [2.45, 2.75) is 59.0 Å². The molecule has 2 atom stereocenters. The van der Waals surface area contributed by atoms with Gasteiger partial charge in [-0.05, 0) is 32.6 Å². The van der Waals surface area contributed by atoms with E-state index in [9.17, 15) is 4.79 Å². The molecule has 0 aliphatic carbocycles. The molecule has 84 valence electrons. The molecule has 2 unspecified atom stereocenters. The Morgan fingerprint density at radius 2 is 1.79 bits per heavy atom. The zero-order chi connectivity index (χ0) is 11.1. The lowest BCUT2D eigenvalue weighted by Gasteiger charge is -2.20. The molecule has 0 radical (unpaired) electrons. The number of nitrogens with one attached hydrogen (secondary N) is 1. The van der Waals surface area contributed by atoms with Gasteiger partial charge in [-0.3, -0.25) is 4.79 Å². The summed E-state index contributed by atoms with van der Waals surface area (Å²) >= 11 is 0. The minimum atomic E-state index is -0.713. The first-order valence-corrected chi connectivity index (χ1v) is 5.39. The van der Waals surface area contributed by atoms with Crippen molar-refractivity contribution in [3.05, 3.63) is 0 Å². The summed E-state index contributed by atoms with van der Waals surface area (Å²) < 4.78 is 0. The van der Waals surface area contributed by atoms with Crippen LogP contribution in [0.3, 0.4) is 0 Å². The topological polar surface area (TPSA) is 49.3 Å². The molecule has 0 bridgehead atoms. The van der Waals surface area contributed by atoms with Crippen LogP contribution in [-0.4, -0.2) is 23.2 Å². The fraction of sp³-hybridized carbons (Fsp3) is 0.909. The summed E-state index contributed by atoms with van der Waals surface area (Å²) in [5.74, 6) is -0.0284. The monoisotopic (exact) mass is 201 g/mol. The van der Waals surface area contributed by atoms with E-state index in [2.05, 4.69) is 26.1 Å². The van der Waals surface area contributed by atoms with Gasteiger partial charge in [0.25, 0.3) is 0 Å². The Kier molecular flexibility index (Phi) is 6.54. The summed E-state index contributed by atoms with van der Waals surface area (Å²) in [5, 5.41) is 11.9. The first-order valence-electron chi connectivity index (χ1n) is 5.39. The van der Waals surface area contributed by atoms with Gasteiger partial charge in [-0.2, -0.15) is 0 Å². The van der Waals surface area contributed by atoms with E-state index in [0.29, 0.717) is 24.4 Å². The van der Waals surface area contributed by atoms with Crippen molar-refractivity contribution in [2.75, 3.05) is 0 Å². The van der Waals surface area contributed by atoms with E-state index in [0.717, 1.165) is 6.42 Å². The zero-order valence-corrected chi connectivity index (χ0v) is 9.71. The quantitative estimate of drug-likeness (QED) is 0.664. The third-order valence-electron chi connectivity index (χ3n) is 2.19. The average Bonchev–Trinajstić information content (AvgIpc) is 1.98. The second kappa shape index (κ2) is 6.82. The summed E-state index contributed by atoms with van der Waals surface area (Å²) in [6.07, 6.45) is 2.09. The minimum absolute atomic E-state index is 0.253. The van der Waals surface area contributed by atoms with Gasteiger partial charge in [0.1, 0.15) is 0 Å². The highest BCUT2D eigenvalue weighted by molar-refractivity contribution is 5.66. The first kappa shape index (κ1) is 13.4. The zero-order valence-electron chi connectivity index (χ0n) is 9.71. The third kappa shape index (κ3) is 8.05. The lowest BCUT2D eigenvalue weighted by atomic mass is 10.0. The Labute approximate surface area is 86.9 Å². The Bertz CT molecular complexity index is 169.